The summed E-state index contributed by atoms with van der Waals surface area (Å²) in [5, 5.41) is 2.49. The maximum atomic E-state index is 12.2. The predicted molar refractivity (Wildman–Crippen MR) is 107 cm³/mol. The van der Waals surface area contributed by atoms with E-state index in [2.05, 4.69) is 32.1 Å². The van der Waals surface area contributed by atoms with E-state index in [9.17, 15) is 9.59 Å². The van der Waals surface area contributed by atoms with E-state index >= 15 is 0 Å². The van der Waals surface area contributed by atoms with Crippen LogP contribution in [0.15, 0.2) is 46.9 Å². The third-order valence-corrected chi connectivity index (χ3v) is 4.22. The molecule has 2 aromatic carbocycles. The molecule has 6 nitrogen and oxygen atoms in total. The fourth-order valence-electron chi connectivity index (χ4n) is 2.13. The minimum Gasteiger partial charge on any atom is -0.493 e. The van der Waals surface area contributed by atoms with Gasteiger partial charge in [0.1, 0.15) is 5.75 Å². The van der Waals surface area contributed by atoms with E-state index < -0.39 is 5.91 Å². The molecule has 0 spiro atoms. The van der Waals surface area contributed by atoms with Crippen molar-refractivity contribution in [1.82, 2.24) is 16.2 Å². The molecular formula is C18H18BrN3O3S. The Morgan fingerprint density at radius 2 is 1.85 bits per heavy atom. The first-order chi connectivity index (χ1) is 12.4. The van der Waals surface area contributed by atoms with Crippen LogP contribution in [0.2, 0.25) is 0 Å². The number of carbonyl (C=O) groups excluding carboxylic acids is 2. The van der Waals surface area contributed by atoms with E-state index in [-0.39, 0.29) is 11.0 Å². The number of nitrogens with one attached hydrogen (secondary N) is 3. The van der Waals surface area contributed by atoms with Gasteiger partial charge in [-0.3, -0.25) is 25.8 Å². The summed E-state index contributed by atoms with van der Waals surface area (Å²) in [5.41, 5.74) is 6.73. The Labute approximate surface area is 165 Å². The molecule has 0 aliphatic heterocycles. The van der Waals surface area contributed by atoms with Gasteiger partial charge in [0.2, 0.25) is 0 Å². The smallest absolute Gasteiger partial charge is 0.269 e. The van der Waals surface area contributed by atoms with Crippen LogP contribution in [0.25, 0.3) is 0 Å². The SMILES string of the molecule is CCOc1ccc(C(=O)NC(=S)NNC(=O)c2ccccc2C)cc1Br. The van der Waals surface area contributed by atoms with Crippen molar-refractivity contribution in [2.24, 2.45) is 0 Å². The summed E-state index contributed by atoms with van der Waals surface area (Å²) in [5.74, 6) is -0.102. The minimum atomic E-state index is -0.406. The second-order valence-electron chi connectivity index (χ2n) is 5.26. The first-order valence-corrected chi connectivity index (χ1v) is 9.02. The summed E-state index contributed by atoms with van der Waals surface area (Å²) in [7, 11) is 0. The Kier molecular flexibility index (Phi) is 7.11. The molecule has 0 fully saturated rings. The number of benzene rings is 2. The van der Waals surface area contributed by atoms with E-state index in [1.54, 1.807) is 30.3 Å². The monoisotopic (exact) mass is 435 g/mol. The molecule has 136 valence electrons. The number of rotatable bonds is 4. The van der Waals surface area contributed by atoms with Crippen LogP contribution in [0.5, 0.6) is 5.75 Å². The highest BCUT2D eigenvalue weighted by Crippen LogP contribution is 2.25. The van der Waals surface area contributed by atoms with Crippen molar-refractivity contribution in [2.75, 3.05) is 6.61 Å². The Bertz CT molecular complexity index is 842. The fourth-order valence-corrected chi connectivity index (χ4v) is 2.77. The van der Waals surface area contributed by atoms with Crippen LogP contribution >= 0.6 is 28.1 Å². The van der Waals surface area contributed by atoms with Crippen LogP contribution in [0.4, 0.5) is 0 Å². The molecule has 0 saturated heterocycles. The van der Waals surface area contributed by atoms with Crippen molar-refractivity contribution >= 4 is 45.1 Å². The van der Waals surface area contributed by atoms with Gasteiger partial charge in [-0.15, -0.1) is 0 Å². The third-order valence-electron chi connectivity index (χ3n) is 3.40. The zero-order valence-electron chi connectivity index (χ0n) is 14.3. The molecule has 2 amide bonds. The molecular weight excluding hydrogens is 418 g/mol. The first kappa shape index (κ1) is 19.9. The summed E-state index contributed by atoms with van der Waals surface area (Å²) in [6.45, 7) is 4.24. The zero-order chi connectivity index (χ0) is 19.1. The molecule has 0 aliphatic rings. The number of aryl methyl sites for hydroxylation is 1. The second-order valence-corrected chi connectivity index (χ2v) is 6.52. The summed E-state index contributed by atoms with van der Waals surface area (Å²) in [4.78, 5) is 24.3. The number of hydrogen-bond donors (Lipinski definition) is 3. The molecule has 0 aromatic heterocycles. The van der Waals surface area contributed by atoms with Crippen molar-refractivity contribution in [3.05, 3.63) is 63.6 Å². The predicted octanol–water partition coefficient (Wildman–Crippen LogP) is 3.11. The Morgan fingerprint density at radius 1 is 1.12 bits per heavy atom. The van der Waals surface area contributed by atoms with Crippen LogP contribution in [0.1, 0.15) is 33.2 Å². The molecule has 26 heavy (non-hydrogen) atoms. The average molecular weight is 436 g/mol. The Hall–Kier alpha value is -2.45. The van der Waals surface area contributed by atoms with Crippen molar-refractivity contribution in [3.8, 4) is 5.75 Å². The largest absolute Gasteiger partial charge is 0.493 e. The van der Waals surface area contributed by atoms with E-state index in [4.69, 9.17) is 17.0 Å². The lowest BCUT2D eigenvalue weighted by molar-refractivity contribution is 0.0934. The number of halogens is 1. The molecule has 0 heterocycles. The molecule has 0 atom stereocenters. The Balaban J connectivity index is 1.91. The van der Waals surface area contributed by atoms with Gasteiger partial charge in [-0.1, -0.05) is 18.2 Å². The summed E-state index contributed by atoms with van der Waals surface area (Å²) in [6, 6.07) is 12.1. The van der Waals surface area contributed by atoms with Crippen LogP contribution in [0, 0.1) is 6.92 Å². The van der Waals surface area contributed by atoms with Crippen LogP contribution in [-0.2, 0) is 0 Å². The number of thiocarbonyl (C=S) groups is 1. The molecule has 0 bridgehead atoms. The van der Waals surface area contributed by atoms with Crippen molar-refractivity contribution < 1.29 is 14.3 Å². The molecule has 3 N–H and O–H groups in total. The molecule has 0 radical (unpaired) electrons. The van der Waals surface area contributed by atoms with E-state index in [1.807, 2.05) is 26.0 Å². The van der Waals surface area contributed by atoms with Crippen LogP contribution in [0.3, 0.4) is 0 Å². The molecule has 2 rings (SSSR count). The number of hydrogen-bond acceptors (Lipinski definition) is 4. The number of amides is 2. The van der Waals surface area contributed by atoms with Gasteiger partial charge in [0, 0.05) is 11.1 Å². The minimum absolute atomic E-state index is 0.0121. The second kappa shape index (κ2) is 9.30. The zero-order valence-corrected chi connectivity index (χ0v) is 16.7. The molecule has 0 unspecified atom stereocenters. The number of ether oxygens (including phenoxy) is 1. The highest BCUT2D eigenvalue weighted by atomic mass is 79.9. The maximum absolute atomic E-state index is 12.2. The van der Waals surface area contributed by atoms with Gasteiger partial charge in [-0.05, 0) is 71.8 Å². The lowest BCUT2D eigenvalue weighted by atomic mass is 10.1. The molecule has 0 saturated carbocycles. The van der Waals surface area contributed by atoms with Gasteiger partial charge in [-0.25, -0.2) is 0 Å². The highest BCUT2D eigenvalue weighted by Gasteiger charge is 2.12. The van der Waals surface area contributed by atoms with Gasteiger partial charge in [0.05, 0.1) is 11.1 Å². The summed E-state index contributed by atoms with van der Waals surface area (Å²) >= 11 is 8.39. The van der Waals surface area contributed by atoms with Crippen molar-refractivity contribution in [1.29, 1.82) is 0 Å². The first-order valence-electron chi connectivity index (χ1n) is 7.82. The standard InChI is InChI=1S/C18H18BrN3O3S/c1-3-25-15-9-8-12(10-14(15)19)16(23)20-18(26)22-21-17(24)13-7-5-4-6-11(13)2/h4-10H,3H2,1-2H3,(H,21,24)(H2,20,22,23,26). The van der Waals surface area contributed by atoms with Gasteiger partial charge in [0.25, 0.3) is 11.8 Å². The molecule has 0 aliphatic carbocycles. The quantitative estimate of drug-likeness (QED) is 0.507. The van der Waals surface area contributed by atoms with Gasteiger partial charge >= 0.3 is 0 Å². The lowest BCUT2D eigenvalue weighted by Gasteiger charge is -2.12. The van der Waals surface area contributed by atoms with Gasteiger partial charge in [0.15, 0.2) is 5.11 Å². The van der Waals surface area contributed by atoms with Crippen molar-refractivity contribution in [2.45, 2.75) is 13.8 Å². The lowest BCUT2D eigenvalue weighted by Crippen LogP contribution is -2.48. The summed E-state index contributed by atoms with van der Waals surface area (Å²) in [6.07, 6.45) is 0. The van der Waals surface area contributed by atoms with Crippen molar-refractivity contribution in [3.63, 3.8) is 0 Å². The van der Waals surface area contributed by atoms with E-state index in [0.29, 0.717) is 28.0 Å². The normalized spacial score (nSPS) is 9.96. The topological polar surface area (TPSA) is 79.5 Å². The highest BCUT2D eigenvalue weighted by molar-refractivity contribution is 9.10. The van der Waals surface area contributed by atoms with E-state index in [0.717, 1.165) is 5.56 Å². The fraction of sp³-hybridized carbons (Fsp3) is 0.167. The number of hydrazine groups is 1. The third kappa shape index (κ3) is 5.27. The van der Waals surface area contributed by atoms with Gasteiger partial charge < -0.3 is 4.74 Å². The van der Waals surface area contributed by atoms with Crippen LogP contribution < -0.4 is 20.9 Å². The number of carbonyl (C=O) groups is 2. The molecule has 2 aromatic rings. The average Bonchev–Trinajstić information content (AvgIpc) is 2.62. The summed E-state index contributed by atoms with van der Waals surface area (Å²) < 4.78 is 6.07. The van der Waals surface area contributed by atoms with E-state index in [1.165, 1.54) is 0 Å². The van der Waals surface area contributed by atoms with Gasteiger partial charge in [-0.2, -0.15) is 0 Å². The maximum Gasteiger partial charge on any atom is 0.269 e. The Morgan fingerprint density at radius 3 is 2.50 bits per heavy atom. The van der Waals surface area contributed by atoms with Crippen LogP contribution in [-0.4, -0.2) is 23.5 Å². The molecule has 8 heteroatoms.